The Bertz CT molecular complexity index is 860. The average Bonchev–Trinajstić information content (AvgIpc) is 3.03. The maximum Gasteiger partial charge on any atom is 0.253 e. The number of aromatic nitrogens is 2. The summed E-state index contributed by atoms with van der Waals surface area (Å²) in [6.07, 6.45) is 1.67. The van der Waals surface area contributed by atoms with Crippen LogP contribution in [0.4, 0.5) is 0 Å². The van der Waals surface area contributed by atoms with Crippen molar-refractivity contribution in [3.05, 3.63) is 65.0 Å². The number of nitrogens with two attached hydrogens (primary N) is 1. The molecule has 0 atom stereocenters. The van der Waals surface area contributed by atoms with Gasteiger partial charge < -0.3 is 15.0 Å². The Balaban J connectivity index is 1.90. The molecule has 3 rings (SSSR count). The monoisotopic (exact) mass is 321 g/mol. The second kappa shape index (κ2) is 6.58. The topological polar surface area (TPSA) is 74.2 Å². The molecule has 0 spiro atoms. The minimum atomic E-state index is 0.376. The third-order valence-corrected chi connectivity index (χ3v) is 3.85. The van der Waals surface area contributed by atoms with Crippen molar-refractivity contribution >= 4 is 11.8 Å². The van der Waals surface area contributed by atoms with E-state index in [-0.39, 0.29) is 0 Å². The molecule has 3 aromatic rings. The Labute approximate surface area is 140 Å². The van der Waals surface area contributed by atoms with Gasteiger partial charge in [-0.1, -0.05) is 23.4 Å². The van der Waals surface area contributed by atoms with Crippen LogP contribution >= 0.6 is 0 Å². The van der Waals surface area contributed by atoms with E-state index in [1.807, 2.05) is 56.3 Å². The molecule has 0 aliphatic rings. The SMILES string of the molecule is COc1ccc(/C(N)=C/c2nc(-c3c(C)cccc3C)no2)cc1. The van der Waals surface area contributed by atoms with Crippen molar-refractivity contribution in [3.8, 4) is 17.1 Å². The van der Waals surface area contributed by atoms with E-state index in [1.54, 1.807) is 13.2 Å². The van der Waals surface area contributed by atoms with Crippen LogP contribution in [0.15, 0.2) is 47.0 Å². The zero-order chi connectivity index (χ0) is 17.1. The Morgan fingerprint density at radius 3 is 2.38 bits per heavy atom. The Kier molecular flexibility index (Phi) is 4.33. The van der Waals surface area contributed by atoms with Gasteiger partial charge in [-0.2, -0.15) is 4.98 Å². The van der Waals surface area contributed by atoms with Crippen LogP contribution in [0.3, 0.4) is 0 Å². The minimum Gasteiger partial charge on any atom is -0.497 e. The molecule has 0 fully saturated rings. The number of ether oxygens (including phenoxy) is 1. The van der Waals surface area contributed by atoms with Crippen molar-refractivity contribution in [2.24, 2.45) is 5.73 Å². The molecular formula is C19H19N3O2. The molecule has 24 heavy (non-hydrogen) atoms. The van der Waals surface area contributed by atoms with Crippen molar-refractivity contribution in [1.82, 2.24) is 10.1 Å². The Morgan fingerprint density at radius 1 is 1.08 bits per heavy atom. The van der Waals surface area contributed by atoms with Gasteiger partial charge >= 0.3 is 0 Å². The second-order valence-corrected chi connectivity index (χ2v) is 5.55. The number of benzene rings is 2. The maximum absolute atomic E-state index is 6.12. The van der Waals surface area contributed by atoms with Crippen LogP contribution in [0.2, 0.25) is 0 Å². The van der Waals surface area contributed by atoms with Gasteiger partial charge in [0.1, 0.15) is 5.75 Å². The van der Waals surface area contributed by atoms with Crippen LogP contribution in [0.5, 0.6) is 5.75 Å². The first-order valence-electron chi connectivity index (χ1n) is 7.60. The van der Waals surface area contributed by atoms with E-state index >= 15 is 0 Å². The van der Waals surface area contributed by atoms with E-state index in [1.165, 1.54) is 0 Å². The van der Waals surface area contributed by atoms with Crippen LogP contribution in [-0.2, 0) is 0 Å². The Morgan fingerprint density at radius 2 is 1.75 bits per heavy atom. The fraction of sp³-hybridized carbons (Fsp3) is 0.158. The molecule has 1 heterocycles. The highest BCUT2D eigenvalue weighted by Crippen LogP contribution is 2.25. The molecule has 0 bridgehead atoms. The minimum absolute atomic E-state index is 0.376. The molecule has 0 saturated heterocycles. The first kappa shape index (κ1) is 15.8. The molecule has 122 valence electrons. The molecule has 1 aromatic heterocycles. The molecule has 0 saturated carbocycles. The van der Waals surface area contributed by atoms with Gasteiger partial charge in [-0.15, -0.1) is 0 Å². The third-order valence-electron chi connectivity index (χ3n) is 3.85. The summed E-state index contributed by atoms with van der Waals surface area (Å²) in [6.45, 7) is 4.06. The highest BCUT2D eigenvalue weighted by molar-refractivity contribution is 5.77. The summed E-state index contributed by atoms with van der Waals surface area (Å²) in [4.78, 5) is 4.44. The molecule has 0 amide bonds. The lowest BCUT2D eigenvalue weighted by molar-refractivity contribution is 0.411. The number of hydrogen-bond donors (Lipinski definition) is 1. The van der Waals surface area contributed by atoms with Crippen LogP contribution < -0.4 is 10.5 Å². The average molecular weight is 321 g/mol. The Hall–Kier alpha value is -3.08. The normalized spacial score (nSPS) is 11.5. The molecule has 0 unspecified atom stereocenters. The van der Waals surface area contributed by atoms with Gasteiger partial charge in [0.2, 0.25) is 5.82 Å². The lowest BCUT2D eigenvalue weighted by atomic mass is 10.0. The fourth-order valence-electron chi connectivity index (χ4n) is 2.56. The predicted octanol–water partition coefficient (Wildman–Crippen LogP) is 3.82. The van der Waals surface area contributed by atoms with Crippen LogP contribution in [0.1, 0.15) is 22.6 Å². The smallest absolute Gasteiger partial charge is 0.253 e. The van der Waals surface area contributed by atoms with Crippen molar-refractivity contribution in [2.75, 3.05) is 7.11 Å². The molecule has 2 aromatic carbocycles. The lowest BCUT2D eigenvalue weighted by Crippen LogP contribution is -1.96. The van der Waals surface area contributed by atoms with E-state index in [9.17, 15) is 0 Å². The number of methoxy groups -OCH3 is 1. The van der Waals surface area contributed by atoms with Gasteiger partial charge in [0.15, 0.2) is 0 Å². The largest absolute Gasteiger partial charge is 0.497 e. The number of hydrogen-bond acceptors (Lipinski definition) is 5. The maximum atomic E-state index is 6.12. The van der Waals surface area contributed by atoms with E-state index in [2.05, 4.69) is 10.1 Å². The molecule has 2 N–H and O–H groups in total. The van der Waals surface area contributed by atoms with Gasteiger partial charge in [0.25, 0.3) is 5.89 Å². The number of rotatable bonds is 4. The highest BCUT2D eigenvalue weighted by atomic mass is 16.5. The first-order valence-corrected chi connectivity index (χ1v) is 7.60. The van der Waals surface area contributed by atoms with Gasteiger partial charge in [0.05, 0.1) is 7.11 Å². The summed E-state index contributed by atoms with van der Waals surface area (Å²) >= 11 is 0. The summed E-state index contributed by atoms with van der Waals surface area (Å²) in [6, 6.07) is 13.5. The molecule has 5 heteroatoms. The molecule has 0 aliphatic carbocycles. The summed E-state index contributed by atoms with van der Waals surface area (Å²) in [5, 5.41) is 4.08. The summed E-state index contributed by atoms with van der Waals surface area (Å²) < 4.78 is 10.5. The predicted molar refractivity (Wildman–Crippen MR) is 94.3 cm³/mol. The van der Waals surface area contributed by atoms with Crippen LogP contribution in [0.25, 0.3) is 23.2 Å². The van der Waals surface area contributed by atoms with Crippen molar-refractivity contribution < 1.29 is 9.26 Å². The van der Waals surface area contributed by atoms with Gasteiger partial charge in [-0.3, -0.25) is 0 Å². The molecule has 0 radical (unpaired) electrons. The van der Waals surface area contributed by atoms with Crippen molar-refractivity contribution in [3.63, 3.8) is 0 Å². The van der Waals surface area contributed by atoms with E-state index < -0.39 is 0 Å². The summed E-state index contributed by atoms with van der Waals surface area (Å²) in [7, 11) is 1.63. The molecule has 0 aliphatic heterocycles. The summed E-state index contributed by atoms with van der Waals surface area (Å²) in [5.41, 5.74) is 10.7. The fourth-order valence-corrected chi connectivity index (χ4v) is 2.56. The lowest BCUT2D eigenvalue weighted by Gasteiger charge is -2.04. The van der Waals surface area contributed by atoms with Crippen molar-refractivity contribution in [2.45, 2.75) is 13.8 Å². The zero-order valence-electron chi connectivity index (χ0n) is 13.9. The highest BCUT2D eigenvalue weighted by Gasteiger charge is 2.12. The van der Waals surface area contributed by atoms with E-state index in [0.717, 1.165) is 28.0 Å². The molecular weight excluding hydrogens is 302 g/mol. The third kappa shape index (κ3) is 3.15. The van der Waals surface area contributed by atoms with Crippen molar-refractivity contribution in [1.29, 1.82) is 0 Å². The number of aryl methyl sites for hydroxylation is 2. The van der Waals surface area contributed by atoms with E-state index in [0.29, 0.717) is 17.4 Å². The van der Waals surface area contributed by atoms with Gasteiger partial charge in [-0.05, 0) is 54.8 Å². The first-order chi connectivity index (χ1) is 11.6. The standard InChI is InChI=1S/C19H19N3O2/c1-12-5-4-6-13(2)18(12)19-21-17(24-22-19)11-16(20)14-7-9-15(23-3)10-8-14/h4-11H,20H2,1-3H3/b16-11-. The second-order valence-electron chi connectivity index (χ2n) is 5.55. The quantitative estimate of drug-likeness (QED) is 0.790. The van der Waals surface area contributed by atoms with Crippen LogP contribution in [0, 0.1) is 13.8 Å². The molecule has 5 nitrogen and oxygen atoms in total. The number of nitrogens with zero attached hydrogens (tertiary/aromatic N) is 2. The van der Waals surface area contributed by atoms with Crippen LogP contribution in [-0.4, -0.2) is 17.3 Å². The van der Waals surface area contributed by atoms with E-state index in [4.69, 9.17) is 15.0 Å². The summed E-state index contributed by atoms with van der Waals surface area (Å²) in [5.74, 6) is 1.72. The zero-order valence-corrected chi connectivity index (χ0v) is 13.9. The van der Waals surface area contributed by atoms with Gasteiger partial charge in [0, 0.05) is 17.3 Å². The van der Waals surface area contributed by atoms with Gasteiger partial charge in [-0.25, -0.2) is 0 Å².